The van der Waals surface area contributed by atoms with Gasteiger partial charge in [0.25, 0.3) is 0 Å². The molecule has 2 aromatic heterocycles. The lowest BCUT2D eigenvalue weighted by molar-refractivity contribution is 0.794. The van der Waals surface area contributed by atoms with Crippen LogP contribution in [-0.4, -0.2) is 9.55 Å². The quantitative estimate of drug-likeness (QED) is 0.927. The standard InChI is InChI=1S/C9H9BrClN3S/c1-14-7(4-12)13-8(9(14)11)5-2-3-6(10)15-5/h2-3H,4,12H2,1H3. The van der Waals surface area contributed by atoms with E-state index in [1.165, 1.54) is 0 Å². The number of thiophene rings is 1. The highest BCUT2D eigenvalue weighted by Crippen LogP contribution is 2.34. The van der Waals surface area contributed by atoms with Crippen molar-refractivity contribution in [2.24, 2.45) is 12.8 Å². The topological polar surface area (TPSA) is 43.8 Å². The number of rotatable bonds is 2. The Morgan fingerprint density at radius 3 is 2.80 bits per heavy atom. The summed E-state index contributed by atoms with van der Waals surface area (Å²) in [4.78, 5) is 5.45. The third kappa shape index (κ3) is 1.97. The van der Waals surface area contributed by atoms with Gasteiger partial charge in [-0.05, 0) is 28.1 Å². The average Bonchev–Trinajstić information content (AvgIpc) is 2.74. The first-order valence-electron chi connectivity index (χ1n) is 4.30. The molecular weight excluding hydrogens is 298 g/mol. The van der Waals surface area contributed by atoms with Crippen LogP contribution in [0.4, 0.5) is 0 Å². The molecule has 3 nitrogen and oxygen atoms in total. The maximum atomic E-state index is 6.17. The number of aromatic nitrogens is 2. The molecule has 0 aliphatic carbocycles. The van der Waals surface area contributed by atoms with Gasteiger partial charge in [-0.2, -0.15) is 0 Å². The van der Waals surface area contributed by atoms with Gasteiger partial charge in [0.1, 0.15) is 16.7 Å². The maximum absolute atomic E-state index is 6.17. The third-order valence-electron chi connectivity index (χ3n) is 2.11. The second kappa shape index (κ2) is 4.25. The van der Waals surface area contributed by atoms with Gasteiger partial charge in [-0.25, -0.2) is 4.98 Å². The van der Waals surface area contributed by atoms with Crippen LogP contribution in [0.5, 0.6) is 0 Å². The zero-order chi connectivity index (χ0) is 11.0. The van der Waals surface area contributed by atoms with E-state index >= 15 is 0 Å². The van der Waals surface area contributed by atoms with Crippen LogP contribution in [0.1, 0.15) is 5.82 Å². The SMILES string of the molecule is Cn1c(CN)nc(-c2ccc(Br)s2)c1Cl. The molecule has 0 atom stereocenters. The summed E-state index contributed by atoms with van der Waals surface area (Å²) in [5, 5.41) is 0.629. The van der Waals surface area contributed by atoms with Crippen LogP contribution in [0.3, 0.4) is 0 Å². The van der Waals surface area contributed by atoms with E-state index in [2.05, 4.69) is 20.9 Å². The summed E-state index contributed by atoms with van der Waals surface area (Å²) in [6.45, 7) is 0.392. The number of hydrogen-bond acceptors (Lipinski definition) is 3. The molecule has 2 N–H and O–H groups in total. The molecule has 0 unspecified atom stereocenters. The largest absolute Gasteiger partial charge is 0.324 e. The van der Waals surface area contributed by atoms with Crippen LogP contribution >= 0.6 is 38.9 Å². The zero-order valence-corrected chi connectivity index (χ0v) is 11.2. The summed E-state index contributed by atoms with van der Waals surface area (Å²) in [5.74, 6) is 0.791. The van der Waals surface area contributed by atoms with E-state index < -0.39 is 0 Å². The van der Waals surface area contributed by atoms with Crippen LogP contribution in [0.25, 0.3) is 10.6 Å². The van der Waals surface area contributed by atoms with Gasteiger partial charge in [0.05, 0.1) is 15.2 Å². The smallest absolute Gasteiger partial charge is 0.137 e. The Balaban J connectivity index is 2.53. The minimum atomic E-state index is 0.392. The molecule has 0 bridgehead atoms. The molecule has 2 heterocycles. The van der Waals surface area contributed by atoms with Gasteiger partial charge in [-0.3, -0.25) is 0 Å². The van der Waals surface area contributed by atoms with Gasteiger partial charge in [0, 0.05) is 7.05 Å². The second-order valence-corrected chi connectivity index (χ2v) is 5.86. The lowest BCUT2D eigenvalue weighted by Crippen LogP contribution is -2.04. The number of nitrogens with zero attached hydrogens (tertiary/aromatic N) is 2. The van der Waals surface area contributed by atoms with Gasteiger partial charge < -0.3 is 10.3 Å². The number of halogens is 2. The van der Waals surface area contributed by atoms with E-state index in [1.807, 2.05) is 23.7 Å². The van der Waals surface area contributed by atoms with Crippen LogP contribution in [-0.2, 0) is 13.6 Å². The highest BCUT2D eigenvalue weighted by Gasteiger charge is 2.14. The molecule has 0 saturated carbocycles. The van der Waals surface area contributed by atoms with Crippen LogP contribution in [0, 0.1) is 0 Å². The van der Waals surface area contributed by atoms with Gasteiger partial charge >= 0.3 is 0 Å². The molecule has 0 aromatic carbocycles. The average molecular weight is 307 g/mol. The normalized spacial score (nSPS) is 10.9. The lowest BCUT2D eigenvalue weighted by atomic mass is 10.4. The first kappa shape index (κ1) is 11.1. The predicted octanol–water partition coefficient (Wildman–Crippen LogP) is 3.02. The third-order valence-corrected chi connectivity index (χ3v) is 4.17. The molecule has 2 aromatic rings. The summed E-state index contributed by atoms with van der Waals surface area (Å²) >= 11 is 11.2. The van der Waals surface area contributed by atoms with E-state index in [9.17, 15) is 0 Å². The van der Waals surface area contributed by atoms with E-state index in [-0.39, 0.29) is 0 Å². The van der Waals surface area contributed by atoms with E-state index in [0.717, 1.165) is 20.2 Å². The molecule has 0 fully saturated rings. The van der Waals surface area contributed by atoms with Gasteiger partial charge in [0.2, 0.25) is 0 Å². The molecule has 6 heteroatoms. The lowest BCUT2D eigenvalue weighted by Gasteiger charge is -1.96. The highest BCUT2D eigenvalue weighted by molar-refractivity contribution is 9.11. The Morgan fingerprint density at radius 1 is 1.60 bits per heavy atom. The molecule has 80 valence electrons. The first-order valence-corrected chi connectivity index (χ1v) is 6.29. The Kier molecular flexibility index (Phi) is 3.16. The summed E-state index contributed by atoms with van der Waals surface area (Å²) in [7, 11) is 1.86. The summed E-state index contributed by atoms with van der Waals surface area (Å²) in [6.07, 6.45) is 0. The van der Waals surface area contributed by atoms with Gasteiger partial charge in [-0.1, -0.05) is 11.6 Å². The van der Waals surface area contributed by atoms with Crippen molar-refractivity contribution in [3.05, 3.63) is 26.9 Å². The van der Waals surface area contributed by atoms with E-state index in [1.54, 1.807) is 11.3 Å². The Bertz CT molecular complexity index is 492. The van der Waals surface area contributed by atoms with Crippen molar-refractivity contribution in [3.8, 4) is 10.6 Å². The van der Waals surface area contributed by atoms with Crippen LogP contribution in [0.15, 0.2) is 15.9 Å². The van der Waals surface area contributed by atoms with E-state index in [0.29, 0.717) is 11.7 Å². The minimum absolute atomic E-state index is 0.392. The van der Waals surface area contributed by atoms with Gasteiger partial charge in [0.15, 0.2) is 0 Å². The van der Waals surface area contributed by atoms with Gasteiger partial charge in [-0.15, -0.1) is 11.3 Å². The van der Waals surface area contributed by atoms with Crippen LogP contribution < -0.4 is 5.73 Å². The van der Waals surface area contributed by atoms with Crippen LogP contribution in [0.2, 0.25) is 5.15 Å². The molecule has 0 aliphatic heterocycles. The van der Waals surface area contributed by atoms with Crippen molar-refractivity contribution in [2.45, 2.75) is 6.54 Å². The highest BCUT2D eigenvalue weighted by atomic mass is 79.9. The first-order chi connectivity index (χ1) is 7.13. The fourth-order valence-electron chi connectivity index (χ4n) is 1.30. The van der Waals surface area contributed by atoms with Crippen molar-refractivity contribution >= 4 is 38.9 Å². The number of nitrogens with two attached hydrogens (primary N) is 1. The number of hydrogen-bond donors (Lipinski definition) is 1. The molecule has 0 saturated heterocycles. The maximum Gasteiger partial charge on any atom is 0.137 e. The zero-order valence-electron chi connectivity index (χ0n) is 8.00. The summed E-state index contributed by atoms with van der Waals surface area (Å²) < 4.78 is 2.87. The molecule has 15 heavy (non-hydrogen) atoms. The van der Waals surface area contributed by atoms with Crippen molar-refractivity contribution < 1.29 is 0 Å². The monoisotopic (exact) mass is 305 g/mol. The van der Waals surface area contributed by atoms with E-state index in [4.69, 9.17) is 17.3 Å². The summed E-state index contributed by atoms with van der Waals surface area (Å²) in [5.41, 5.74) is 6.37. The minimum Gasteiger partial charge on any atom is -0.324 e. The number of imidazole rings is 1. The molecule has 0 spiro atoms. The Hall–Kier alpha value is -0.360. The second-order valence-electron chi connectivity index (χ2n) is 3.03. The molecule has 2 rings (SSSR count). The Labute approximate surface area is 105 Å². The predicted molar refractivity (Wildman–Crippen MR) is 67.1 cm³/mol. The van der Waals surface area contributed by atoms with Crippen molar-refractivity contribution in [1.29, 1.82) is 0 Å². The van der Waals surface area contributed by atoms with Crippen molar-refractivity contribution in [2.75, 3.05) is 0 Å². The van der Waals surface area contributed by atoms with Crippen molar-refractivity contribution in [3.63, 3.8) is 0 Å². The fourth-order valence-corrected chi connectivity index (χ4v) is 2.98. The Morgan fingerprint density at radius 2 is 2.33 bits per heavy atom. The molecule has 0 radical (unpaired) electrons. The molecular formula is C9H9BrClN3S. The molecule has 0 amide bonds. The fraction of sp³-hybridized carbons (Fsp3) is 0.222. The van der Waals surface area contributed by atoms with Crippen molar-refractivity contribution in [1.82, 2.24) is 9.55 Å². The summed E-state index contributed by atoms with van der Waals surface area (Å²) in [6, 6.07) is 3.97. The molecule has 0 aliphatic rings.